The van der Waals surface area contributed by atoms with Crippen LogP contribution in [0, 0.1) is 6.92 Å². The highest BCUT2D eigenvalue weighted by molar-refractivity contribution is 7.92. The van der Waals surface area contributed by atoms with Gasteiger partial charge in [-0.25, -0.2) is 13.2 Å². The number of hydrogen-bond donors (Lipinski definition) is 2. The smallest absolute Gasteiger partial charge is 0.478 e. The number of hydrogen-bond acceptors (Lipinski definition) is 4. The molecule has 2 rings (SSSR count). The lowest BCUT2D eigenvalue weighted by Crippen LogP contribution is -2.23. The third kappa shape index (κ3) is 3.35. The number of nitrogens with one attached hydrogen (secondary N) is 1. The molecule has 2 N–H and O–H groups in total. The van der Waals surface area contributed by atoms with Crippen LogP contribution in [0.4, 0.5) is 24.5 Å². The molecule has 0 aliphatic heterocycles. The fraction of sp³-hybridized carbons (Fsp3) is 0.133. The van der Waals surface area contributed by atoms with Crippen LogP contribution >= 0.6 is 0 Å². The van der Waals surface area contributed by atoms with Gasteiger partial charge in [-0.05, 0) is 36.8 Å². The van der Waals surface area contributed by atoms with E-state index in [1.807, 2.05) is 0 Å². The molecule has 0 aliphatic carbocycles. The number of para-hydroxylation sites is 1. The standard InChI is InChI=1S/C15H12F3NO4S/c1-9-6-7-10(24(22,23)15(16,17)18)8-13(9)19-12-5-3-2-4-11(12)14(20)21/h2-8,19H,1H3,(H,20,21). The topological polar surface area (TPSA) is 83.5 Å². The normalized spacial score (nSPS) is 12.0. The molecule has 0 aromatic heterocycles. The van der Waals surface area contributed by atoms with Crippen LogP contribution in [0.15, 0.2) is 47.4 Å². The zero-order valence-corrected chi connectivity index (χ0v) is 13.1. The number of benzene rings is 2. The first kappa shape index (κ1) is 17.8. The van der Waals surface area contributed by atoms with Gasteiger partial charge in [-0.1, -0.05) is 18.2 Å². The summed E-state index contributed by atoms with van der Waals surface area (Å²) < 4.78 is 61.0. The van der Waals surface area contributed by atoms with Crippen LogP contribution in [0.25, 0.3) is 0 Å². The number of rotatable bonds is 4. The van der Waals surface area contributed by atoms with E-state index in [0.29, 0.717) is 5.56 Å². The summed E-state index contributed by atoms with van der Waals surface area (Å²) in [6, 6.07) is 8.67. The van der Waals surface area contributed by atoms with Gasteiger partial charge in [0.25, 0.3) is 9.84 Å². The fourth-order valence-corrected chi connectivity index (χ4v) is 2.75. The summed E-state index contributed by atoms with van der Waals surface area (Å²) >= 11 is 0. The van der Waals surface area contributed by atoms with Crippen LogP contribution in [-0.2, 0) is 9.84 Å². The Hall–Kier alpha value is -2.55. The van der Waals surface area contributed by atoms with E-state index < -0.39 is 26.2 Å². The van der Waals surface area contributed by atoms with Crippen molar-refractivity contribution in [2.45, 2.75) is 17.3 Å². The van der Waals surface area contributed by atoms with Crippen LogP contribution in [-0.4, -0.2) is 25.0 Å². The molecule has 0 unspecified atom stereocenters. The van der Waals surface area contributed by atoms with Crippen molar-refractivity contribution in [3.63, 3.8) is 0 Å². The average molecular weight is 359 g/mol. The molecule has 9 heteroatoms. The second kappa shape index (κ2) is 6.16. The maximum Gasteiger partial charge on any atom is 0.501 e. The van der Waals surface area contributed by atoms with E-state index in [9.17, 15) is 26.4 Å². The molecule has 24 heavy (non-hydrogen) atoms. The van der Waals surface area contributed by atoms with Gasteiger partial charge in [0.2, 0.25) is 0 Å². The summed E-state index contributed by atoms with van der Waals surface area (Å²) in [5, 5.41) is 11.8. The zero-order valence-electron chi connectivity index (χ0n) is 12.3. The van der Waals surface area contributed by atoms with Crippen molar-refractivity contribution < 1.29 is 31.5 Å². The van der Waals surface area contributed by atoms with Gasteiger partial charge in [-0.3, -0.25) is 0 Å². The van der Waals surface area contributed by atoms with Crippen LogP contribution < -0.4 is 5.32 Å². The molecule has 5 nitrogen and oxygen atoms in total. The molecule has 0 saturated carbocycles. The molecule has 0 atom stereocenters. The second-order valence-corrected chi connectivity index (χ2v) is 6.84. The van der Waals surface area contributed by atoms with E-state index in [1.54, 1.807) is 13.0 Å². The van der Waals surface area contributed by atoms with Crippen LogP contribution in [0.3, 0.4) is 0 Å². The zero-order chi connectivity index (χ0) is 18.1. The Kier molecular flexibility index (Phi) is 4.57. The lowest BCUT2D eigenvalue weighted by molar-refractivity contribution is -0.0436. The molecule has 2 aromatic rings. The van der Waals surface area contributed by atoms with Gasteiger partial charge in [0.15, 0.2) is 0 Å². The number of aryl methyl sites for hydroxylation is 1. The summed E-state index contributed by atoms with van der Waals surface area (Å²) in [7, 11) is -5.49. The van der Waals surface area contributed by atoms with Gasteiger partial charge >= 0.3 is 11.5 Å². The molecule has 0 saturated heterocycles. The summed E-state index contributed by atoms with van der Waals surface area (Å²) in [5.74, 6) is -1.23. The first-order valence-electron chi connectivity index (χ1n) is 6.55. The molecule has 0 bridgehead atoms. The molecule has 0 heterocycles. The van der Waals surface area contributed by atoms with E-state index in [2.05, 4.69) is 5.32 Å². The Balaban J connectivity index is 2.51. The van der Waals surface area contributed by atoms with Crippen molar-refractivity contribution in [1.29, 1.82) is 0 Å². The Bertz CT molecular complexity index is 892. The molecule has 0 aliphatic rings. The van der Waals surface area contributed by atoms with Gasteiger partial charge in [0, 0.05) is 5.69 Å². The number of carboxylic acid groups (broad SMARTS) is 1. The third-order valence-electron chi connectivity index (χ3n) is 3.25. The number of alkyl halides is 3. The Morgan fingerprint density at radius 3 is 2.29 bits per heavy atom. The number of halogens is 3. The maximum absolute atomic E-state index is 12.7. The van der Waals surface area contributed by atoms with Gasteiger partial charge in [-0.15, -0.1) is 0 Å². The molecule has 0 fully saturated rings. The molecule has 0 spiro atoms. The molecular weight excluding hydrogens is 347 g/mol. The van der Waals surface area contributed by atoms with Gasteiger partial charge in [0.1, 0.15) is 0 Å². The summed E-state index contributed by atoms with van der Waals surface area (Å²) in [4.78, 5) is 10.2. The quantitative estimate of drug-likeness (QED) is 0.869. The SMILES string of the molecule is Cc1ccc(S(=O)(=O)C(F)(F)F)cc1Nc1ccccc1C(=O)O. The van der Waals surface area contributed by atoms with Crippen molar-refractivity contribution in [3.05, 3.63) is 53.6 Å². The molecule has 2 aromatic carbocycles. The highest BCUT2D eigenvalue weighted by Crippen LogP contribution is 2.33. The lowest BCUT2D eigenvalue weighted by Gasteiger charge is -2.14. The number of carbonyl (C=O) groups is 1. The lowest BCUT2D eigenvalue weighted by atomic mass is 10.1. The minimum absolute atomic E-state index is 0.0639. The van der Waals surface area contributed by atoms with Crippen LogP contribution in [0.5, 0.6) is 0 Å². The minimum Gasteiger partial charge on any atom is -0.478 e. The summed E-state index contributed by atoms with van der Waals surface area (Å²) in [6.45, 7) is 1.55. The van der Waals surface area contributed by atoms with E-state index in [4.69, 9.17) is 5.11 Å². The van der Waals surface area contributed by atoms with Crippen LogP contribution in [0.2, 0.25) is 0 Å². The largest absolute Gasteiger partial charge is 0.501 e. The van der Waals surface area contributed by atoms with Crippen LogP contribution in [0.1, 0.15) is 15.9 Å². The Morgan fingerprint density at radius 1 is 1.08 bits per heavy atom. The van der Waals surface area contributed by atoms with Gasteiger partial charge < -0.3 is 10.4 Å². The molecule has 0 amide bonds. The maximum atomic E-state index is 12.7. The summed E-state index contributed by atoms with van der Waals surface area (Å²) in [5.41, 5.74) is -4.86. The second-order valence-electron chi connectivity index (χ2n) is 4.90. The fourth-order valence-electron chi connectivity index (χ4n) is 1.96. The minimum atomic E-state index is -5.49. The van der Waals surface area contributed by atoms with E-state index >= 15 is 0 Å². The summed E-state index contributed by atoms with van der Waals surface area (Å²) in [6.07, 6.45) is 0. The van der Waals surface area contributed by atoms with E-state index in [-0.39, 0.29) is 16.9 Å². The monoisotopic (exact) mass is 359 g/mol. The predicted molar refractivity (Wildman–Crippen MR) is 81.1 cm³/mol. The van der Waals surface area contributed by atoms with Crippen molar-refractivity contribution in [1.82, 2.24) is 0 Å². The van der Waals surface area contributed by atoms with Crippen molar-refractivity contribution in [2.24, 2.45) is 0 Å². The predicted octanol–water partition coefficient (Wildman–Crippen LogP) is 3.73. The Morgan fingerprint density at radius 2 is 1.71 bits per heavy atom. The number of anilines is 2. The Labute approximate surface area is 135 Å². The number of carboxylic acids is 1. The van der Waals surface area contributed by atoms with Crippen molar-refractivity contribution in [3.8, 4) is 0 Å². The molecular formula is C15H12F3NO4S. The number of sulfone groups is 1. The molecule has 128 valence electrons. The first-order chi connectivity index (χ1) is 11.0. The third-order valence-corrected chi connectivity index (χ3v) is 4.73. The van der Waals surface area contributed by atoms with Gasteiger partial charge in [-0.2, -0.15) is 13.2 Å². The first-order valence-corrected chi connectivity index (χ1v) is 8.03. The average Bonchev–Trinajstić information content (AvgIpc) is 2.48. The van der Waals surface area contributed by atoms with Crippen molar-refractivity contribution >= 4 is 27.2 Å². The van der Waals surface area contributed by atoms with E-state index in [1.165, 1.54) is 24.3 Å². The van der Waals surface area contributed by atoms with E-state index in [0.717, 1.165) is 12.1 Å². The highest BCUT2D eigenvalue weighted by Gasteiger charge is 2.47. The molecule has 0 radical (unpaired) electrons. The van der Waals surface area contributed by atoms with Crippen molar-refractivity contribution in [2.75, 3.05) is 5.32 Å². The highest BCUT2D eigenvalue weighted by atomic mass is 32.2. The number of aromatic carboxylic acids is 1. The van der Waals surface area contributed by atoms with Gasteiger partial charge in [0.05, 0.1) is 16.1 Å².